The lowest BCUT2D eigenvalue weighted by Gasteiger charge is -2.25. The molecule has 4 heteroatoms. The van der Waals surface area contributed by atoms with Crippen LogP contribution in [0, 0.1) is 0 Å². The van der Waals surface area contributed by atoms with E-state index in [-0.39, 0.29) is 0 Å². The highest BCUT2D eigenvalue weighted by Gasteiger charge is 2.29. The highest BCUT2D eigenvalue weighted by atomic mass is 35.5. The molecule has 0 bridgehead atoms. The summed E-state index contributed by atoms with van der Waals surface area (Å²) in [6.45, 7) is 4.91. The first-order valence-corrected chi connectivity index (χ1v) is 7.42. The van der Waals surface area contributed by atoms with E-state index in [0.717, 1.165) is 29.0 Å². The number of aromatic nitrogens is 2. The molecule has 3 rings (SSSR count). The van der Waals surface area contributed by atoms with E-state index in [1.54, 1.807) is 0 Å². The maximum Gasteiger partial charge on any atom is 0.134 e. The first-order chi connectivity index (χ1) is 10.0. The molecule has 0 aliphatic heterocycles. The number of fused-ring (bicyclic) bond motifs is 1. The topological polar surface area (TPSA) is 43.8 Å². The van der Waals surface area contributed by atoms with Crippen molar-refractivity contribution in [2.75, 3.05) is 0 Å². The molecule has 0 saturated heterocycles. The van der Waals surface area contributed by atoms with E-state index < -0.39 is 5.54 Å². The minimum atomic E-state index is -0.650. The van der Waals surface area contributed by atoms with Gasteiger partial charge in [-0.25, -0.2) is 4.98 Å². The van der Waals surface area contributed by atoms with Crippen LogP contribution in [0.1, 0.15) is 25.2 Å². The standard InChI is InChI=1S/C17H18ClN3/c1-3-21-15-10-9-13(18)11-14(15)20-16(21)17(2,19)12-7-5-4-6-8-12/h4-11H,3,19H2,1-2H3. The predicted octanol–water partition coefficient (Wildman–Crippen LogP) is 3.93. The van der Waals surface area contributed by atoms with Crippen molar-refractivity contribution < 1.29 is 0 Å². The monoisotopic (exact) mass is 299 g/mol. The van der Waals surface area contributed by atoms with Gasteiger partial charge in [0, 0.05) is 11.6 Å². The highest BCUT2D eigenvalue weighted by molar-refractivity contribution is 6.31. The lowest BCUT2D eigenvalue weighted by Crippen LogP contribution is -2.37. The van der Waals surface area contributed by atoms with Crippen molar-refractivity contribution in [3.8, 4) is 0 Å². The summed E-state index contributed by atoms with van der Waals surface area (Å²) in [5, 5.41) is 0.688. The maximum atomic E-state index is 6.62. The first-order valence-electron chi connectivity index (χ1n) is 7.04. The van der Waals surface area contributed by atoms with Gasteiger partial charge >= 0.3 is 0 Å². The second-order valence-electron chi connectivity index (χ2n) is 5.38. The lowest BCUT2D eigenvalue weighted by molar-refractivity contribution is 0.522. The Morgan fingerprint density at radius 1 is 1.19 bits per heavy atom. The molecule has 0 radical (unpaired) electrons. The third-order valence-corrected chi connectivity index (χ3v) is 4.10. The number of nitrogens with zero attached hydrogens (tertiary/aromatic N) is 2. The molecule has 1 aromatic heterocycles. The summed E-state index contributed by atoms with van der Waals surface area (Å²) in [5.74, 6) is 0.855. The molecule has 108 valence electrons. The van der Waals surface area contributed by atoms with Gasteiger partial charge in [0.15, 0.2) is 0 Å². The Labute approximate surface area is 129 Å². The molecule has 1 heterocycles. The van der Waals surface area contributed by atoms with Crippen molar-refractivity contribution in [3.05, 3.63) is 64.9 Å². The van der Waals surface area contributed by atoms with Crippen LogP contribution in [-0.4, -0.2) is 9.55 Å². The van der Waals surface area contributed by atoms with Crippen molar-refractivity contribution in [2.24, 2.45) is 5.73 Å². The number of nitrogens with two attached hydrogens (primary N) is 1. The van der Waals surface area contributed by atoms with Crippen LogP contribution in [0.15, 0.2) is 48.5 Å². The van der Waals surface area contributed by atoms with Gasteiger partial charge in [0.1, 0.15) is 5.82 Å². The van der Waals surface area contributed by atoms with Crippen LogP contribution in [0.4, 0.5) is 0 Å². The first kappa shape index (κ1) is 14.1. The lowest BCUT2D eigenvalue weighted by atomic mass is 9.92. The minimum Gasteiger partial charge on any atom is -0.326 e. The maximum absolute atomic E-state index is 6.62. The summed E-state index contributed by atoms with van der Waals surface area (Å²) in [4.78, 5) is 4.75. The van der Waals surface area contributed by atoms with E-state index in [9.17, 15) is 0 Å². The van der Waals surface area contributed by atoms with E-state index in [1.165, 1.54) is 0 Å². The number of benzene rings is 2. The third kappa shape index (κ3) is 2.33. The van der Waals surface area contributed by atoms with E-state index >= 15 is 0 Å². The summed E-state index contributed by atoms with van der Waals surface area (Å²) in [6.07, 6.45) is 0. The van der Waals surface area contributed by atoms with Crippen LogP contribution < -0.4 is 5.73 Å². The molecule has 2 N–H and O–H groups in total. The zero-order valence-corrected chi connectivity index (χ0v) is 12.9. The molecule has 3 aromatic rings. The van der Waals surface area contributed by atoms with Crippen molar-refractivity contribution in [1.82, 2.24) is 9.55 Å². The Bertz CT molecular complexity index is 775. The largest absolute Gasteiger partial charge is 0.326 e. The number of aryl methyl sites for hydroxylation is 1. The van der Waals surface area contributed by atoms with Crippen molar-refractivity contribution in [3.63, 3.8) is 0 Å². The van der Waals surface area contributed by atoms with Gasteiger partial charge in [0.25, 0.3) is 0 Å². The number of halogens is 1. The minimum absolute atomic E-state index is 0.650. The SMILES string of the molecule is CCn1c(C(C)(N)c2ccccc2)nc2cc(Cl)ccc21. The Kier molecular flexibility index (Phi) is 3.47. The Morgan fingerprint density at radius 2 is 1.90 bits per heavy atom. The van der Waals surface area contributed by atoms with Crippen LogP contribution in [0.3, 0.4) is 0 Å². The molecule has 1 atom stereocenters. The molecule has 0 fully saturated rings. The van der Waals surface area contributed by atoms with Crippen LogP contribution in [0.25, 0.3) is 11.0 Å². The summed E-state index contributed by atoms with van der Waals surface area (Å²) in [7, 11) is 0. The fourth-order valence-corrected chi connectivity index (χ4v) is 2.90. The van der Waals surface area contributed by atoms with Gasteiger partial charge in [0.2, 0.25) is 0 Å². The molecule has 3 nitrogen and oxygen atoms in total. The van der Waals surface area contributed by atoms with E-state index in [4.69, 9.17) is 22.3 Å². The normalized spacial score (nSPS) is 14.3. The number of hydrogen-bond acceptors (Lipinski definition) is 2. The van der Waals surface area contributed by atoms with Gasteiger partial charge in [-0.05, 0) is 37.6 Å². The van der Waals surface area contributed by atoms with Gasteiger partial charge in [-0.15, -0.1) is 0 Å². The van der Waals surface area contributed by atoms with Crippen LogP contribution >= 0.6 is 11.6 Å². The zero-order valence-electron chi connectivity index (χ0n) is 12.2. The number of hydrogen-bond donors (Lipinski definition) is 1. The Balaban J connectivity index is 2.24. The fourth-order valence-electron chi connectivity index (χ4n) is 2.73. The molecule has 0 spiro atoms. The molecular formula is C17H18ClN3. The van der Waals surface area contributed by atoms with Crippen LogP contribution in [0.2, 0.25) is 5.02 Å². The highest BCUT2D eigenvalue weighted by Crippen LogP contribution is 2.30. The summed E-state index contributed by atoms with van der Waals surface area (Å²) in [5.41, 5.74) is 8.96. The summed E-state index contributed by atoms with van der Waals surface area (Å²) >= 11 is 6.07. The smallest absolute Gasteiger partial charge is 0.134 e. The second-order valence-corrected chi connectivity index (χ2v) is 5.82. The van der Waals surface area contributed by atoms with E-state index in [1.807, 2.05) is 55.5 Å². The van der Waals surface area contributed by atoms with Gasteiger partial charge < -0.3 is 10.3 Å². The van der Waals surface area contributed by atoms with Gasteiger partial charge in [-0.3, -0.25) is 0 Å². The van der Waals surface area contributed by atoms with Crippen molar-refractivity contribution in [2.45, 2.75) is 25.9 Å². The average molecular weight is 300 g/mol. The molecule has 21 heavy (non-hydrogen) atoms. The fraction of sp³-hybridized carbons (Fsp3) is 0.235. The Hall–Kier alpha value is -1.84. The third-order valence-electron chi connectivity index (χ3n) is 3.86. The second kappa shape index (κ2) is 5.17. The summed E-state index contributed by atoms with van der Waals surface area (Å²) < 4.78 is 2.15. The zero-order chi connectivity index (χ0) is 15.0. The molecule has 1 unspecified atom stereocenters. The van der Waals surface area contributed by atoms with Crippen molar-refractivity contribution >= 4 is 22.6 Å². The van der Waals surface area contributed by atoms with E-state index in [0.29, 0.717) is 5.02 Å². The Morgan fingerprint density at radius 3 is 2.57 bits per heavy atom. The van der Waals surface area contributed by atoms with Gasteiger partial charge in [-0.2, -0.15) is 0 Å². The van der Waals surface area contributed by atoms with Crippen LogP contribution in [0.5, 0.6) is 0 Å². The molecule has 0 amide bonds. The van der Waals surface area contributed by atoms with E-state index in [2.05, 4.69) is 11.5 Å². The quantitative estimate of drug-likeness (QED) is 0.796. The van der Waals surface area contributed by atoms with Gasteiger partial charge in [0.05, 0.1) is 16.6 Å². The molecule has 0 saturated carbocycles. The van der Waals surface area contributed by atoms with Crippen molar-refractivity contribution in [1.29, 1.82) is 0 Å². The molecule has 0 aliphatic rings. The number of imidazole rings is 1. The molecular weight excluding hydrogens is 282 g/mol. The predicted molar refractivity (Wildman–Crippen MR) is 87.5 cm³/mol. The molecule has 0 aliphatic carbocycles. The van der Waals surface area contributed by atoms with Gasteiger partial charge in [-0.1, -0.05) is 41.9 Å². The van der Waals surface area contributed by atoms with Crippen LogP contribution in [-0.2, 0) is 12.1 Å². The number of rotatable bonds is 3. The molecule has 2 aromatic carbocycles. The summed E-state index contributed by atoms with van der Waals surface area (Å²) in [6, 6.07) is 15.8. The average Bonchev–Trinajstić information content (AvgIpc) is 2.86.